The van der Waals surface area contributed by atoms with Gasteiger partial charge in [0, 0.05) is 11.9 Å². The highest BCUT2D eigenvalue weighted by atomic mass is 35.5. The van der Waals surface area contributed by atoms with Gasteiger partial charge in [-0.2, -0.15) is 0 Å². The van der Waals surface area contributed by atoms with Gasteiger partial charge in [0.05, 0.1) is 18.2 Å². The van der Waals surface area contributed by atoms with Crippen molar-refractivity contribution >= 4 is 17.5 Å². The van der Waals surface area contributed by atoms with Crippen LogP contribution in [-0.4, -0.2) is 24.4 Å². The summed E-state index contributed by atoms with van der Waals surface area (Å²) >= 11 is 6.09. The van der Waals surface area contributed by atoms with Crippen molar-refractivity contribution in [2.75, 3.05) is 13.0 Å². The molecule has 0 aliphatic heterocycles. The molecule has 1 aromatic carbocycles. The number of amides is 1. The summed E-state index contributed by atoms with van der Waals surface area (Å²) in [5, 5.41) is 2.96. The average molecular weight is 314 g/mol. The molecule has 0 bridgehead atoms. The minimum absolute atomic E-state index is 0.0264. The molecule has 3 nitrogen and oxygen atoms in total. The molecule has 0 spiro atoms. The fraction of sp³-hybridized carbons (Fsp3) is 0.562. The van der Waals surface area contributed by atoms with Gasteiger partial charge in [0.25, 0.3) is 5.91 Å². The van der Waals surface area contributed by atoms with Gasteiger partial charge in [-0.3, -0.25) is 4.79 Å². The van der Waals surface area contributed by atoms with Crippen molar-refractivity contribution in [1.82, 2.24) is 5.32 Å². The Labute approximate surface area is 129 Å². The monoisotopic (exact) mass is 313 g/mol. The Hall–Kier alpha value is -1.29. The molecule has 1 saturated carbocycles. The first-order chi connectivity index (χ1) is 9.99. The van der Waals surface area contributed by atoms with Crippen LogP contribution < -0.4 is 10.1 Å². The largest absolute Gasteiger partial charge is 0.497 e. The van der Waals surface area contributed by atoms with Crippen LogP contribution in [0.15, 0.2) is 18.2 Å². The van der Waals surface area contributed by atoms with Crippen LogP contribution in [0.1, 0.15) is 43.0 Å². The van der Waals surface area contributed by atoms with Crippen LogP contribution in [0.5, 0.6) is 5.75 Å². The van der Waals surface area contributed by atoms with E-state index in [1.54, 1.807) is 6.07 Å². The predicted molar refractivity (Wildman–Crippen MR) is 81.5 cm³/mol. The Kier molecular flexibility index (Phi) is 5.09. The highest BCUT2D eigenvalue weighted by Crippen LogP contribution is 2.33. The summed E-state index contributed by atoms with van der Waals surface area (Å²) in [5.74, 6) is 0.257. The lowest BCUT2D eigenvalue weighted by atomic mass is 9.77. The maximum Gasteiger partial charge on any atom is 0.254 e. The third kappa shape index (κ3) is 3.67. The van der Waals surface area contributed by atoms with Gasteiger partial charge in [0.1, 0.15) is 11.6 Å². The Bertz CT molecular complexity index is 523. The van der Waals surface area contributed by atoms with Crippen molar-refractivity contribution in [2.24, 2.45) is 5.92 Å². The van der Waals surface area contributed by atoms with E-state index in [2.05, 4.69) is 12.2 Å². The zero-order chi connectivity index (χ0) is 15.5. The van der Waals surface area contributed by atoms with Crippen LogP contribution in [0.3, 0.4) is 0 Å². The van der Waals surface area contributed by atoms with E-state index in [9.17, 15) is 9.18 Å². The third-order valence-corrected chi connectivity index (χ3v) is 4.66. The van der Waals surface area contributed by atoms with Crippen LogP contribution in [-0.2, 0) is 0 Å². The predicted octanol–water partition coefficient (Wildman–Crippen LogP) is 3.75. The molecule has 1 fully saturated rings. The van der Waals surface area contributed by atoms with Gasteiger partial charge in [-0.1, -0.05) is 19.8 Å². The number of carbonyl (C=O) groups excluding carboxylic acids is 1. The summed E-state index contributed by atoms with van der Waals surface area (Å²) in [6.45, 7) is 2.15. The van der Waals surface area contributed by atoms with E-state index in [4.69, 9.17) is 16.3 Å². The van der Waals surface area contributed by atoms with E-state index >= 15 is 0 Å². The SMILES string of the molecule is COc1ccc(C(=O)NC2(CCl)CCCC(C)C2)c(F)c1. The van der Waals surface area contributed by atoms with Crippen molar-refractivity contribution in [1.29, 1.82) is 0 Å². The summed E-state index contributed by atoms with van der Waals surface area (Å²) < 4.78 is 18.9. The van der Waals surface area contributed by atoms with E-state index in [1.165, 1.54) is 19.2 Å². The number of ether oxygens (including phenoxy) is 1. The van der Waals surface area contributed by atoms with Gasteiger partial charge in [0.2, 0.25) is 0 Å². The first kappa shape index (κ1) is 16.1. The van der Waals surface area contributed by atoms with Gasteiger partial charge in [-0.15, -0.1) is 11.6 Å². The van der Waals surface area contributed by atoms with E-state index in [0.29, 0.717) is 17.5 Å². The number of methoxy groups -OCH3 is 1. The molecule has 1 amide bonds. The third-order valence-electron chi connectivity index (χ3n) is 4.15. The number of alkyl halides is 1. The molecule has 0 heterocycles. The highest BCUT2D eigenvalue weighted by molar-refractivity contribution is 6.19. The Balaban J connectivity index is 2.16. The molecule has 0 aromatic heterocycles. The molecular formula is C16H21ClFNO2. The lowest BCUT2D eigenvalue weighted by molar-refractivity contribution is 0.0863. The number of hydrogen-bond acceptors (Lipinski definition) is 2. The molecule has 2 atom stereocenters. The molecular weight excluding hydrogens is 293 g/mol. The van der Waals surface area contributed by atoms with Crippen molar-refractivity contribution < 1.29 is 13.9 Å². The van der Waals surface area contributed by atoms with Crippen LogP contribution in [0.2, 0.25) is 0 Å². The second-order valence-electron chi connectivity index (χ2n) is 5.92. The zero-order valence-corrected chi connectivity index (χ0v) is 13.2. The van der Waals surface area contributed by atoms with Crippen LogP contribution in [0, 0.1) is 11.7 Å². The molecule has 1 aromatic rings. The van der Waals surface area contributed by atoms with E-state index < -0.39 is 17.3 Å². The number of benzene rings is 1. The molecule has 1 aliphatic carbocycles. The van der Waals surface area contributed by atoms with E-state index in [0.717, 1.165) is 25.7 Å². The van der Waals surface area contributed by atoms with Crippen molar-refractivity contribution in [2.45, 2.75) is 38.1 Å². The summed E-state index contributed by atoms with van der Waals surface area (Å²) in [7, 11) is 1.46. The van der Waals surface area contributed by atoms with Crippen molar-refractivity contribution in [3.63, 3.8) is 0 Å². The maximum atomic E-state index is 14.0. The van der Waals surface area contributed by atoms with Gasteiger partial charge in [0.15, 0.2) is 0 Å². The van der Waals surface area contributed by atoms with Gasteiger partial charge in [-0.25, -0.2) is 4.39 Å². The lowest BCUT2D eigenvalue weighted by Crippen LogP contribution is -2.52. The van der Waals surface area contributed by atoms with Gasteiger partial charge < -0.3 is 10.1 Å². The second kappa shape index (κ2) is 6.65. The van der Waals surface area contributed by atoms with Gasteiger partial charge in [-0.05, 0) is 30.9 Å². The molecule has 1 N–H and O–H groups in total. The molecule has 1 aliphatic rings. The van der Waals surface area contributed by atoms with Crippen molar-refractivity contribution in [3.05, 3.63) is 29.6 Å². The Morgan fingerprint density at radius 2 is 2.33 bits per heavy atom. The smallest absolute Gasteiger partial charge is 0.254 e. The fourth-order valence-corrected chi connectivity index (χ4v) is 3.35. The highest BCUT2D eigenvalue weighted by Gasteiger charge is 2.36. The van der Waals surface area contributed by atoms with Crippen LogP contribution in [0.4, 0.5) is 4.39 Å². The average Bonchev–Trinajstić information content (AvgIpc) is 2.46. The molecule has 2 unspecified atom stereocenters. The van der Waals surface area contributed by atoms with Crippen molar-refractivity contribution in [3.8, 4) is 5.75 Å². The second-order valence-corrected chi connectivity index (χ2v) is 6.18. The minimum Gasteiger partial charge on any atom is -0.497 e. The van der Waals surface area contributed by atoms with E-state index in [-0.39, 0.29) is 5.56 Å². The summed E-state index contributed by atoms with van der Waals surface area (Å²) in [4.78, 5) is 12.4. The molecule has 21 heavy (non-hydrogen) atoms. The number of hydrogen-bond donors (Lipinski definition) is 1. The first-order valence-corrected chi connectivity index (χ1v) is 7.75. The topological polar surface area (TPSA) is 38.3 Å². The van der Waals surface area contributed by atoms with Crippen LogP contribution in [0.25, 0.3) is 0 Å². The standard InChI is InChI=1S/C16H21ClFNO2/c1-11-4-3-7-16(9-11,10-17)19-15(20)13-6-5-12(21-2)8-14(13)18/h5-6,8,11H,3-4,7,9-10H2,1-2H3,(H,19,20). The molecule has 0 saturated heterocycles. The van der Waals surface area contributed by atoms with E-state index in [1.807, 2.05) is 0 Å². The number of halogens is 2. The quantitative estimate of drug-likeness (QED) is 0.860. The summed E-state index contributed by atoms with van der Waals surface area (Å²) in [6.07, 6.45) is 3.84. The first-order valence-electron chi connectivity index (χ1n) is 7.22. The molecule has 0 radical (unpaired) electrons. The maximum absolute atomic E-state index is 14.0. The number of carbonyl (C=O) groups is 1. The fourth-order valence-electron chi connectivity index (χ4n) is 3.04. The number of rotatable bonds is 4. The lowest BCUT2D eigenvalue weighted by Gasteiger charge is -2.39. The molecule has 116 valence electrons. The molecule has 2 rings (SSSR count). The number of nitrogens with one attached hydrogen (secondary N) is 1. The van der Waals surface area contributed by atoms with Crippen LogP contribution >= 0.6 is 11.6 Å². The minimum atomic E-state index is -0.583. The Morgan fingerprint density at radius 1 is 1.57 bits per heavy atom. The zero-order valence-electron chi connectivity index (χ0n) is 12.4. The summed E-state index contributed by atoms with van der Waals surface area (Å²) in [5.41, 5.74) is -0.401. The normalized spacial score (nSPS) is 25.4. The Morgan fingerprint density at radius 3 is 2.90 bits per heavy atom. The molecule has 5 heteroatoms. The summed E-state index contributed by atoms with van der Waals surface area (Å²) in [6, 6.07) is 4.23. The van der Waals surface area contributed by atoms with Gasteiger partial charge >= 0.3 is 0 Å².